The SMILES string of the molecule is CCN(CC)c1nc(N)nc(OC2CCN(C)CC2)n1. The van der Waals surface area contributed by atoms with Crippen LogP contribution in [0.25, 0.3) is 0 Å². The van der Waals surface area contributed by atoms with E-state index >= 15 is 0 Å². The second-order valence-corrected chi connectivity index (χ2v) is 5.07. The molecular weight excluding hydrogens is 256 g/mol. The van der Waals surface area contributed by atoms with Crippen LogP contribution in [0, 0.1) is 0 Å². The van der Waals surface area contributed by atoms with Crippen molar-refractivity contribution in [1.82, 2.24) is 19.9 Å². The average Bonchev–Trinajstić information content (AvgIpc) is 2.42. The molecule has 0 unspecified atom stereocenters. The van der Waals surface area contributed by atoms with E-state index in [1.807, 2.05) is 4.90 Å². The molecule has 0 atom stereocenters. The third kappa shape index (κ3) is 3.69. The summed E-state index contributed by atoms with van der Waals surface area (Å²) >= 11 is 0. The third-order valence-corrected chi connectivity index (χ3v) is 3.60. The van der Waals surface area contributed by atoms with E-state index in [-0.39, 0.29) is 12.1 Å². The van der Waals surface area contributed by atoms with Gasteiger partial charge in [-0.15, -0.1) is 0 Å². The Balaban J connectivity index is 2.07. The molecule has 1 aliphatic rings. The summed E-state index contributed by atoms with van der Waals surface area (Å²) < 4.78 is 5.87. The van der Waals surface area contributed by atoms with Crippen LogP contribution in [-0.2, 0) is 0 Å². The van der Waals surface area contributed by atoms with Gasteiger partial charge in [0, 0.05) is 26.2 Å². The minimum absolute atomic E-state index is 0.164. The molecule has 0 saturated carbocycles. The van der Waals surface area contributed by atoms with E-state index in [1.54, 1.807) is 0 Å². The molecule has 0 spiro atoms. The van der Waals surface area contributed by atoms with Crippen molar-refractivity contribution < 1.29 is 4.74 Å². The van der Waals surface area contributed by atoms with Crippen molar-refractivity contribution in [3.05, 3.63) is 0 Å². The Morgan fingerprint density at radius 1 is 1.20 bits per heavy atom. The Labute approximate surface area is 120 Å². The second kappa shape index (κ2) is 6.69. The first-order valence-corrected chi connectivity index (χ1v) is 7.24. The van der Waals surface area contributed by atoms with Crippen molar-refractivity contribution in [2.24, 2.45) is 0 Å². The predicted octanol–water partition coefficient (Wildman–Crippen LogP) is 0.773. The first kappa shape index (κ1) is 14.8. The Bertz CT molecular complexity index is 429. The van der Waals surface area contributed by atoms with E-state index in [0.29, 0.717) is 12.0 Å². The monoisotopic (exact) mass is 280 g/mol. The van der Waals surface area contributed by atoms with Crippen molar-refractivity contribution in [2.45, 2.75) is 32.8 Å². The number of anilines is 2. The average molecular weight is 280 g/mol. The highest BCUT2D eigenvalue weighted by molar-refractivity contribution is 5.35. The molecule has 2 N–H and O–H groups in total. The van der Waals surface area contributed by atoms with E-state index in [2.05, 4.69) is 40.7 Å². The molecule has 0 bridgehead atoms. The Kier molecular flexibility index (Phi) is 4.94. The fourth-order valence-corrected chi connectivity index (χ4v) is 2.31. The molecule has 112 valence electrons. The zero-order valence-electron chi connectivity index (χ0n) is 12.5. The quantitative estimate of drug-likeness (QED) is 0.853. The minimum atomic E-state index is 0.164. The third-order valence-electron chi connectivity index (χ3n) is 3.60. The lowest BCUT2D eigenvalue weighted by Crippen LogP contribution is -2.36. The number of ether oxygens (including phenoxy) is 1. The lowest BCUT2D eigenvalue weighted by atomic mass is 10.1. The topological polar surface area (TPSA) is 80.4 Å². The molecule has 1 saturated heterocycles. The normalized spacial score (nSPS) is 17.1. The van der Waals surface area contributed by atoms with Crippen LogP contribution >= 0.6 is 0 Å². The molecule has 7 heteroatoms. The van der Waals surface area contributed by atoms with E-state index in [0.717, 1.165) is 39.0 Å². The first-order chi connectivity index (χ1) is 9.62. The van der Waals surface area contributed by atoms with Gasteiger partial charge >= 0.3 is 6.01 Å². The summed E-state index contributed by atoms with van der Waals surface area (Å²) in [6.07, 6.45) is 2.14. The van der Waals surface area contributed by atoms with Gasteiger partial charge in [-0.2, -0.15) is 15.0 Å². The van der Waals surface area contributed by atoms with Crippen molar-refractivity contribution in [1.29, 1.82) is 0 Å². The van der Waals surface area contributed by atoms with Gasteiger partial charge in [-0.3, -0.25) is 0 Å². The molecule has 0 radical (unpaired) electrons. The summed E-state index contributed by atoms with van der Waals surface area (Å²) in [5.74, 6) is 0.801. The molecule has 2 heterocycles. The van der Waals surface area contributed by atoms with E-state index in [4.69, 9.17) is 10.5 Å². The van der Waals surface area contributed by atoms with Gasteiger partial charge in [0.2, 0.25) is 11.9 Å². The molecular formula is C13H24N6O. The van der Waals surface area contributed by atoms with Crippen LogP contribution < -0.4 is 15.4 Å². The first-order valence-electron chi connectivity index (χ1n) is 7.24. The zero-order valence-corrected chi connectivity index (χ0v) is 12.5. The van der Waals surface area contributed by atoms with Gasteiger partial charge in [0.05, 0.1) is 0 Å². The lowest BCUT2D eigenvalue weighted by molar-refractivity contribution is 0.105. The van der Waals surface area contributed by atoms with Crippen LogP contribution in [0.1, 0.15) is 26.7 Å². The number of hydrogen-bond acceptors (Lipinski definition) is 7. The number of nitrogens with zero attached hydrogens (tertiary/aromatic N) is 5. The zero-order chi connectivity index (χ0) is 14.5. The van der Waals surface area contributed by atoms with Gasteiger partial charge in [-0.1, -0.05) is 0 Å². The number of likely N-dealkylation sites (tertiary alicyclic amines) is 1. The lowest BCUT2D eigenvalue weighted by Gasteiger charge is -2.28. The largest absolute Gasteiger partial charge is 0.460 e. The highest BCUT2D eigenvalue weighted by atomic mass is 16.5. The number of nitrogen functional groups attached to an aromatic ring is 1. The Morgan fingerprint density at radius 2 is 1.85 bits per heavy atom. The molecule has 2 rings (SSSR count). The fourth-order valence-electron chi connectivity index (χ4n) is 2.31. The van der Waals surface area contributed by atoms with Crippen LogP contribution in [0.5, 0.6) is 6.01 Å². The summed E-state index contributed by atoms with van der Waals surface area (Å²) in [6.45, 7) is 7.84. The summed E-state index contributed by atoms with van der Waals surface area (Å²) in [5.41, 5.74) is 5.76. The molecule has 1 fully saturated rings. The van der Waals surface area contributed by atoms with Crippen molar-refractivity contribution in [3.8, 4) is 6.01 Å². The molecule has 0 aromatic carbocycles. The van der Waals surface area contributed by atoms with Crippen LogP contribution in [0.4, 0.5) is 11.9 Å². The van der Waals surface area contributed by atoms with Gasteiger partial charge in [0.15, 0.2) is 0 Å². The van der Waals surface area contributed by atoms with Gasteiger partial charge in [-0.25, -0.2) is 0 Å². The number of nitrogens with two attached hydrogens (primary N) is 1. The second-order valence-electron chi connectivity index (χ2n) is 5.07. The number of piperidine rings is 1. The molecule has 1 aromatic rings. The smallest absolute Gasteiger partial charge is 0.323 e. The molecule has 7 nitrogen and oxygen atoms in total. The fraction of sp³-hybridized carbons (Fsp3) is 0.769. The minimum Gasteiger partial charge on any atom is -0.460 e. The number of hydrogen-bond donors (Lipinski definition) is 1. The summed E-state index contributed by atoms with van der Waals surface area (Å²) in [7, 11) is 2.12. The summed E-state index contributed by atoms with van der Waals surface area (Å²) in [4.78, 5) is 17.0. The highest BCUT2D eigenvalue weighted by Crippen LogP contribution is 2.18. The summed E-state index contributed by atoms with van der Waals surface area (Å²) in [6, 6.07) is 0.342. The molecule has 0 aliphatic carbocycles. The highest BCUT2D eigenvalue weighted by Gasteiger charge is 2.20. The molecule has 20 heavy (non-hydrogen) atoms. The van der Waals surface area contributed by atoms with Crippen molar-refractivity contribution >= 4 is 11.9 Å². The Hall–Kier alpha value is -1.63. The van der Waals surface area contributed by atoms with Crippen LogP contribution in [0.2, 0.25) is 0 Å². The van der Waals surface area contributed by atoms with Gasteiger partial charge < -0.3 is 20.3 Å². The van der Waals surface area contributed by atoms with Gasteiger partial charge in [0.1, 0.15) is 6.10 Å². The number of aromatic nitrogens is 3. The van der Waals surface area contributed by atoms with Crippen LogP contribution in [0.15, 0.2) is 0 Å². The standard InChI is InChI=1S/C13H24N6O/c1-4-19(5-2)12-15-11(14)16-13(17-12)20-10-6-8-18(3)9-7-10/h10H,4-9H2,1-3H3,(H2,14,15,16,17). The molecule has 1 aliphatic heterocycles. The van der Waals surface area contributed by atoms with Crippen LogP contribution in [-0.4, -0.2) is 59.2 Å². The van der Waals surface area contributed by atoms with Crippen molar-refractivity contribution in [2.75, 3.05) is 43.9 Å². The van der Waals surface area contributed by atoms with E-state index < -0.39 is 0 Å². The molecule has 1 aromatic heterocycles. The van der Waals surface area contributed by atoms with E-state index in [9.17, 15) is 0 Å². The predicted molar refractivity (Wildman–Crippen MR) is 78.9 cm³/mol. The van der Waals surface area contributed by atoms with Crippen molar-refractivity contribution in [3.63, 3.8) is 0 Å². The van der Waals surface area contributed by atoms with Gasteiger partial charge in [0.25, 0.3) is 0 Å². The maximum Gasteiger partial charge on any atom is 0.323 e. The maximum absolute atomic E-state index is 5.87. The summed E-state index contributed by atoms with van der Waals surface area (Å²) in [5, 5.41) is 0. The maximum atomic E-state index is 5.87. The Morgan fingerprint density at radius 3 is 2.45 bits per heavy atom. The number of rotatable bonds is 5. The van der Waals surface area contributed by atoms with Gasteiger partial charge in [-0.05, 0) is 33.7 Å². The van der Waals surface area contributed by atoms with E-state index in [1.165, 1.54) is 0 Å². The molecule has 0 amide bonds. The van der Waals surface area contributed by atoms with Crippen LogP contribution in [0.3, 0.4) is 0 Å².